The average Bonchev–Trinajstić information content (AvgIpc) is 2.66. The van der Waals surface area contributed by atoms with Gasteiger partial charge in [-0.25, -0.2) is 4.39 Å². The minimum absolute atomic E-state index is 0.0372. The first-order chi connectivity index (χ1) is 13.0. The Morgan fingerprint density at radius 3 is 2.33 bits per heavy atom. The lowest BCUT2D eigenvalue weighted by molar-refractivity contribution is -0.115. The molecule has 0 radical (unpaired) electrons. The Morgan fingerprint density at radius 1 is 1.00 bits per heavy atom. The molecular formula is C22H20ClFN2O. The molecule has 0 spiro atoms. The SMILES string of the molecule is Cc1ccc([C@H](NCC(=O)Nc2ccc(Cl)cc2F)c2ccccc2)cc1. The largest absolute Gasteiger partial charge is 0.322 e. The van der Waals surface area contributed by atoms with Crippen molar-refractivity contribution in [1.82, 2.24) is 5.32 Å². The molecule has 138 valence electrons. The van der Waals surface area contributed by atoms with Crippen molar-refractivity contribution in [2.45, 2.75) is 13.0 Å². The van der Waals surface area contributed by atoms with Crippen LogP contribution in [0.25, 0.3) is 0 Å². The third kappa shape index (κ3) is 5.16. The lowest BCUT2D eigenvalue weighted by Crippen LogP contribution is -2.32. The van der Waals surface area contributed by atoms with E-state index in [2.05, 4.69) is 10.6 Å². The molecule has 3 aromatic rings. The highest BCUT2D eigenvalue weighted by molar-refractivity contribution is 6.30. The van der Waals surface area contributed by atoms with Gasteiger partial charge < -0.3 is 5.32 Å². The molecular weight excluding hydrogens is 363 g/mol. The third-order valence-electron chi connectivity index (χ3n) is 4.22. The zero-order valence-corrected chi connectivity index (χ0v) is 15.6. The van der Waals surface area contributed by atoms with Crippen molar-refractivity contribution < 1.29 is 9.18 Å². The molecule has 0 saturated carbocycles. The van der Waals surface area contributed by atoms with Crippen LogP contribution in [0.5, 0.6) is 0 Å². The van der Waals surface area contributed by atoms with Crippen molar-refractivity contribution in [3.05, 3.63) is 100 Å². The van der Waals surface area contributed by atoms with Crippen molar-refractivity contribution in [3.8, 4) is 0 Å². The molecule has 0 unspecified atom stereocenters. The number of hydrogen-bond donors (Lipinski definition) is 2. The molecule has 3 aromatic carbocycles. The molecule has 1 atom stereocenters. The van der Waals surface area contributed by atoms with E-state index in [-0.39, 0.29) is 29.2 Å². The second-order valence-corrected chi connectivity index (χ2v) is 6.74. The summed E-state index contributed by atoms with van der Waals surface area (Å²) in [6, 6.07) is 22.0. The van der Waals surface area contributed by atoms with Crippen LogP contribution in [0.4, 0.5) is 10.1 Å². The Labute approximate surface area is 163 Å². The molecule has 0 aliphatic carbocycles. The maximum atomic E-state index is 13.9. The zero-order valence-electron chi connectivity index (χ0n) is 14.9. The minimum Gasteiger partial charge on any atom is -0.322 e. The molecule has 3 nitrogen and oxygen atoms in total. The highest BCUT2D eigenvalue weighted by Gasteiger charge is 2.15. The molecule has 0 aromatic heterocycles. The van der Waals surface area contributed by atoms with E-state index in [1.54, 1.807) is 0 Å². The highest BCUT2D eigenvalue weighted by atomic mass is 35.5. The number of hydrogen-bond acceptors (Lipinski definition) is 2. The van der Waals surface area contributed by atoms with E-state index < -0.39 is 5.82 Å². The molecule has 1 amide bonds. The minimum atomic E-state index is -0.561. The molecule has 3 rings (SSSR count). The smallest absolute Gasteiger partial charge is 0.238 e. The van der Waals surface area contributed by atoms with Crippen molar-refractivity contribution in [1.29, 1.82) is 0 Å². The molecule has 2 N–H and O–H groups in total. The maximum Gasteiger partial charge on any atom is 0.238 e. The van der Waals surface area contributed by atoms with Crippen LogP contribution in [-0.4, -0.2) is 12.5 Å². The lowest BCUT2D eigenvalue weighted by Gasteiger charge is -2.20. The number of nitrogens with one attached hydrogen (secondary N) is 2. The van der Waals surface area contributed by atoms with Gasteiger partial charge in [-0.2, -0.15) is 0 Å². The standard InChI is InChI=1S/C22H20ClFN2O/c1-15-7-9-17(10-8-15)22(16-5-3-2-4-6-16)25-14-21(27)26-20-12-11-18(23)13-19(20)24/h2-13,22,25H,14H2,1H3,(H,26,27)/t22-/m1/s1. The Hall–Kier alpha value is -2.69. The fourth-order valence-corrected chi connectivity index (χ4v) is 2.97. The molecule has 0 aliphatic heterocycles. The normalized spacial score (nSPS) is 11.8. The van der Waals surface area contributed by atoms with Gasteiger partial charge in [-0.15, -0.1) is 0 Å². The number of halogens is 2. The van der Waals surface area contributed by atoms with E-state index in [4.69, 9.17) is 11.6 Å². The van der Waals surface area contributed by atoms with E-state index in [9.17, 15) is 9.18 Å². The highest BCUT2D eigenvalue weighted by Crippen LogP contribution is 2.22. The van der Waals surface area contributed by atoms with Crippen LogP contribution < -0.4 is 10.6 Å². The molecule has 27 heavy (non-hydrogen) atoms. The Bertz CT molecular complexity index is 913. The summed E-state index contributed by atoms with van der Waals surface area (Å²) in [6.45, 7) is 2.07. The first kappa shape index (κ1) is 19.1. The van der Waals surface area contributed by atoms with Crippen molar-refractivity contribution in [3.63, 3.8) is 0 Å². The van der Waals surface area contributed by atoms with Crippen LogP contribution in [-0.2, 0) is 4.79 Å². The second kappa shape index (κ2) is 8.80. The molecule has 0 saturated heterocycles. The topological polar surface area (TPSA) is 41.1 Å². The van der Waals surface area contributed by atoms with Gasteiger partial charge in [0.1, 0.15) is 5.82 Å². The third-order valence-corrected chi connectivity index (χ3v) is 4.45. The molecule has 0 aliphatic rings. The number of rotatable bonds is 6. The zero-order chi connectivity index (χ0) is 19.2. The van der Waals surface area contributed by atoms with E-state index >= 15 is 0 Å². The number of carbonyl (C=O) groups excluding carboxylic acids is 1. The van der Waals surface area contributed by atoms with Gasteiger partial charge in [0.15, 0.2) is 0 Å². The maximum absolute atomic E-state index is 13.9. The molecule has 0 bridgehead atoms. The molecule has 0 fully saturated rings. The Kier molecular flexibility index (Phi) is 6.22. The number of anilines is 1. The van der Waals surface area contributed by atoms with E-state index in [0.29, 0.717) is 0 Å². The van der Waals surface area contributed by atoms with E-state index in [0.717, 1.165) is 11.1 Å². The van der Waals surface area contributed by atoms with Gasteiger partial charge in [0.25, 0.3) is 0 Å². The van der Waals surface area contributed by atoms with Crippen LogP contribution in [0.3, 0.4) is 0 Å². The van der Waals surface area contributed by atoms with Gasteiger partial charge in [-0.1, -0.05) is 71.8 Å². The summed E-state index contributed by atoms with van der Waals surface area (Å²) in [7, 11) is 0. The van der Waals surface area contributed by atoms with Gasteiger partial charge in [0.05, 0.1) is 18.3 Å². The van der Waals surface area contributed by atoms with Gasteiger partial charge in [0, 0.05) is 5.02 Å². The van der Waals surface area contributed by atoms with Crippen molar-refractivity contribution >= 4 is 23.2 Å². The van der Waals surface area contributed by atoms with Gasteiger partial charge in [-0.3, -0.25) is 10.1 Å². The summed E-state index contributed by atoms with van der Waals surface area (Å²) >= 11 is 5.74. The van der Waals surface area contributed by atoms with Crippen LogP contribution in [0, 0.1) is 12.7 Å². The van der Waals surface area contributed by atoms with Crippen LogP contribution in [0.15, 0.2) is 72.8 Å². The average molecular weight is 383 g/mol. The van der Waals surface area contributed by atoms with E-state index in [1.165, 1.54) is 23.8 Å². The van der Waals surface area contributed by atoms with Crippen molar-refractivity contribution in [2.24, 2.45) is 0 Å². The number of aryl methyl sites for hydroxylation is 1. The summed E-state index contributed by atoms with van der Waals surface area (Å²) in [5, 5.41) is 6.12. The van der Waals surface area contributed by atoms with Crippen LogP contribution >= 0.6 is 11.6 Å². The monoisotopic (exact) mass is 382 g/mol. The number of amides is 1. The van der Waals surface area contributed by atoms with Gasteiger partial charge in [0.2, 0.25) is 5.91 Å². The summed E-state index contributed by atoms with van der Waals surface area (Å²) in [4.78, 5) is 12.3. The number of carbonyl (C=O) groups is 1. The fourth-order valence-electron chi connectivity index (χ4n) is 2.81. The van der Waals surface area contributed by atoms with E-state index in [1.807, 2.05) is 61.5 Å². The first-order valence-corrected chi connectivity index (χ1v) is 9.00. The van der Waals surface area contributed by atoms with Crippen LogP contribution in [0.2, 0.25) is 5.02 Å². The quantitative estimate of drug-likeness (QED) is 0.622. The molecule has 0 heterocycles. The fraction of sp³-hybridized carbons (Fsp3) is 0.136. The van der Waals surface area contributed by atoms with Crippen LogP contribution in [0.1, 0.15) is 22.7 Å². The lowest BCUT2D eigenvalue weighted by atomic mass is 9.98. The summed E-state index contributed by atoms with van der Waals surface area (Å²) in [5.74, 6) is -0.891. The molecule has 5 heteroatoms. The summed E-state index contributed by atoms with van der Waals surface area (Å²) in [6.07, 6.45) is 0. The van der Waals surface area contributed by atoms with Crippen molar-refractivity contribution in [2.75, 3.05) is 11.9 Å². The van der Waals surface area contributed by atoms with Gasteiger partial charge >= 0.3 is 0 Å². The first-order valence-electron chi connectivity index (χ1n) is 8.63. The number of benzene rings is 3. The Balaban J connectivity index is 1.72. The Morgan fingerprint density at radius 2 is 1.67 bits per heavy atom. The second-order valence-electron chi connectivity index (χ2n) is 6.31. The van der Waals surface area contributed by atoms with Gasteiger partial charge in [-0.05, 0) is 36.2 Å². The predicted octanol–water partition coefficient (Wildman–Crippen LogP) is 5.11. The summed E-state index contributed by atoms with van der Waals surface area (Å²) in [5.41, 5.74) is 3.38. The summed E-state index contributed by atoms with van der Waals surface area (Å²) < 4.78 is 13.9. The predicted molar refractivity (Wildman–Crippen MR) is 108 cm³/mol.